The van der Waals surface area contributed by atoms with Gasteiger partial charge in [0, 0.05) is 41.3 Å². The molecule has 168 valence electrons. The average Bonchev–Trinajstić information content (AvgIpc) is 2.80. The summed E-state index contributed by atoms with van der Waals surface area (Å²) in [6.07, 6.45) is 10.2. The molecular weight excluding hydrogens is 394 g/mol. The number of fused-ring (bicyclic) bond motifs is 1. The summed E-state index contributed by atoms with van der Waals surface area (Å²) in [5.41, 5.74) is 7.15. The van der Waals surface area contributed by atoms with Crippen LogP contribution in [0.15, 0.2) is 55.0 Å². The van der Waals surface area contributed by atoms with Gasteiger partial charge >= 0.3 is 0 Å². The Morgan fingerprint density at radius 1 is 1.28 bits per heavy atom. The van der Waals surface area contributed by atoms with Gasteiger partial charge in [-0.2, -0.15) is 0 Å². The van der Waals surface area contributed by atoms with E-state index in [0.717, 1.165) is 64.4 Å². The van der Waals surface area contributed by atoms with Crippen molar-refractivity contribution in [3.63, 3.8) is 0 Å². The average molecular weight is 430 g/mol. The zero-order chi connectivity index (χ0) is 23.3. The van der Waals surface area contributed by atoms with Crippen LogP contribution in [-0.2, 0) is 0 Å². The molecule has 0 saturated heterocycles. The fourth-order valence-electron chi connectivity index (χ4n) is 3.98. The van der Waals surface area contributed by atoms with Crippen molar-refractivity contribution < 1.29 is 0 Å². The number of nitrogens with zero attached hydrogens (tertiary/aromatic N) is 2. The first kappa shape index (κ1) is 23.5. The lowest BCUT2D eigenvalue weighted by Crippen LogP contribution is -2.28. The topological polar surface area (TPSA) is 73.7 Å². The van der Waals surface area contributed by atoms with Crippen molar-refractivity contribution >= 4 is 17.5 Å². The highest BCUT2D eigenvalue weighted by atomic mass is 15.0. The van der Waals surface area contributed by atoms with Crippen LogP contribution in [0.25, 0.3) is 17.2 Å². The fraction of sp³-hybridized carbons (Fsp3) is 0.370. The SMILES string of the molecule is C=CC(CC)CC(C)CNC1=Cc2cc(-c3cnc(C)nc3)cc(C(=N)C(=C)C)c2NC1. The predicted molar refractivity (Wildman–Crippen MR) is 136 cm³/mol. The standard InChI is InChI=1S/C27H35N5/c1-7-20(8-2)9-18(5)13-31-24-11-22-10-21(23-14-29-19(6)30-15-23)12-25(26(28)17(3)4)27(22)32-16-24/h7,10-12,14-15,18,20,28,31-32H,1,3,8-9,13,16H2,2,4-6H3. The molecule has 0 radical (unpaired) electrons. The molecule has 5 heteroatoms. The van der Waals surface area contributed by atoms with E-state index in [4.69, 9.17) is 5.41 Å². The molecule has 2 atom stereocenters. The Kier molecular flexibility index (Phi) is 7.62. The van der Waals surface area contributed by atoms with E-state index in [1.165, 1.54) is 0 Å². The molecular formula is C27H35N5. The highest BCUT2D eigenvalue weighted by Gasteiger charge is 2.19. The minimum Gasteiger partial charge on any atom is -0.387 e. The molecule has 2 heterocycles. The summed E-state index contributed by atoms with van der Waals surface area (Å²) < 4.78 is 0. The maximum atomic E-state index is 8.59. The van der Waals surface area contributed by atoms with E-state index >= 15 is 0 Å². The summed E-state index contributed by atoms with van der Waals surface area (Å²) in [5, 5.41) is 15.7. The van der Waals surface area contributed by atoms with Crippen LogP contribution in [0.2, 0.25) is 0 Å². The molecule has 3 N–H and O–H groups in total. The van der Waals surface area contributed by atoms with E-state index in [-0.39, 0.29) is 0 Å². The smallest absolute Gasteiger partial charge is 0.125 e. The fourth-order valence-corrected chi connectivity index (χ4v) is 3.98. The zero-order valence-corrected chi connectivity index (χ0v) is 19.8. The molecule has 1 aromatic carbocycles. The molecule has 0 bridgehead atoms. The van der Waals surface area contributed by atoms with Gasteiger partial charge in [0.15, 0.2) is 0 Å². The molecule has 0 fully saturated rings. The molecule has 0 spiro atoms. The summed E-state index contributed by atoms with van der Waals surface area (Å²) in [7, 11) is 0. The predicted octanol–water partition coefficient (Wildman–Crippen LogP) is 5.99. The van der Waals surface area contributed by atoms with Crippen molar-refractivity contribution in [2.24, 2.45) is 11.8 Å². The monoisotopic (exact) mass is 429 g/mol. The van der Waals surface area contributed by atoms with Gasteiger partial charge in [-0.05, 0) is 67.9 Å². The second-order valence-electron chi connectivity index (χ2n) is 8.81. The Morgan fingerprint density at radius 3 is 2.62 bits per heavy atom. The van der Waals surface area contributed by atoms with E-state index in [9.17, 15) is 0 Å². The third-order valence-electron chi connectivity index (χ3n) is 6.01. The molecule has 5 nitrogen and oxygen atoms in total. The van der Waals surface area contributed by atoms with Crippen molar-refractivity contribution in [3.05, 3.63) is 72.0 Å². The van der Waals surface area contributed by atoms with E-state index in [0.29, 0.717) is 24.1 Å². The summed E-state index contributed by atoms with van der Waals surface area (Å²) in [4.78, 5) is 8.69. The van der Waals surface area contributed by atoms with Crippen LogP contribution < -0.4 is 10.6 Å². The van der Waals surface area contributed by atoms with Crippen molar-refractivity contribution in [1.82, 2.24) is 15.3 Å². The molecule has 1 aliphatic rings. The number of hydrogen-bond acceptors (Lipinski definition) is 5. The molecule has 0 amide bonds. The molecule has 1 aromatic heterocycles. The largest absolute Gasteiger partial charge is 0.387 e. The van der Waals surface area contributed by atoms with Gasteiger partial charge in [-0.25, -0.2) is 9.97 Å². The van der Waals surface area contributed by atoms with Crippen molar-refractivity contribution in [2.45, 2.75) is 40.5 Å². The van der Waals surface area contributed by atoms with Gasteiger partial charge in [-0.15, -0.1) is 6.58 Å². The molecule has 3 rings (SSSR count). The summed E-state index contributed by atoms with van der Waals surface area (Å²) >= 11 is 0. The Hall–Kier alpha value is -3.21. The van der Waals surface area contributed by atoms with Crippen LogP contribution in [0.5, 0.6) is 0 Å². The van der Waals surface area contributed by atoms with Crippen LogP contribution in [0, 0.1) is 24.2 Å². The van der Waals surface area contributed by atoms with Gasteiger partial charge in [-0.3, -0.25) is 5.41 Å². The van der Waals surface area contributed by atoms with Crippen LogP contribution >= 0.6 is 0 Å². The van der Waals surface area contributed by atoms with E-state index < -0.39 is 0 Å². The van der Waals surface area contributed by atoms with Crippen LogP contribution in [0.1, 0.15) is 50.6 Å². The third-order valence-corrected chi connectivity index (χ3v) is 6.01. The van der Waals surface area contributed by atoms with Gasteiger partial charge in [0.1, 0.15) is 5.82 Å². The number of anilines is 1. The number of rotatable bonds is 10. The number of aryl methyl sites for hydroxylation is 1. The maximum Gasteiger partial charge on any atom is 0.125 e. The molecule has 1 aliphatic heterocycles. The van der Waals surface area contributed by atoms with Crippen LogP contribution in [-0.4, -0.2) is 28.8 Å². The number of aromatic nitrogens is 2. The second-order valence-corrected chi connectivity index (χ2v) is 8.81. The quantitative estimate of drug-likeness (QED) is 0.320. The highest BCUT2D eigenvalue weighted by molar-refractivity contribution is 6.15. The molecule has 32 heavy (non-hydrogen) atoms. The lowest BCUT2D eigenvalue weighted by molar-refractivity contribution is 0.425. The number of allylic oxidation sites excluding steroid dienone is 2. The normalized spacial score (nSPS) is 14.4. The minimum absolute atomic E-state index is 0.442. The summed E-state index contributed by atoms with van der Waals surface area (Å²) in [5.74, 6) is 1.87. The van der Waals surface area contributed by atoms with Gasteiger partial charge in [0.05, 0.1) is 17.9 Å². The first-order valence-corrected chi connectivity index (χ1v) is 11.3. The van der Waals surface area contributed by atoms with E-state index in [2.05, 4.69) is 65.8 Å². The lowest BCUT2D eigenvalue weighted by Gasteiger charge is -2.25. The molecule has 2 unspecified atom stereocenters. The Balaban J connectivity index is 1.90. The summed E-state index contributed by atoms with van der Waals surface area (Å²) in [6.45, 7) is 17.8. The van der Waals surface area contributed by atoms with Gasteiger partial charge in [-0.1, -0.05) is 26.5 Å². The molecule has 0 saturated carbocycles. The lowest BCUT2D eigenvalue weighted by atomic mass is 9.92. The van der Waals surface area contributed by atoms with E-state index in [1.807, 2.05) is 32.3 Å². The first-order chi connectivity index (χ1) is 15.3. The zero-order valence-electron chi connectivity index (χ0n) is 19.8. The van der Waals surface area contributed by atoms with Crippen molar-refractivity contribution in [2.75, 3.05) is 18.4 Å². The highest BCUT2D eigenvalue weighted by Crippen LogP contribution is 2.34. The van der Waals surface area contributed by atoms with E-state index in [1.54, 1.807) is 0 Å². The van der Waals surface area contributed by atoms with Crippen LogP contribution in [0.4, 0.5) is 5.69 Å². The third kappa shape index (κ3) is 5.52. The minimum atomic E-state index is 0.442. The molecule has 2 aromatic rings. The number of hydrogen-bond donors (Lipinski definition) is 3. The summed E-state index contributed by atoms with van der Waals surface area (Å²) in [6, 6.07) is 4.17. The number of benzene rings is 1. The second kappa shape index (κ2) is 10.4. The Labute approximate surface area is 192 Å². The Bertz CT molecular complexity index is 1030. The van der Waals surface area contributed by atoms with Crippen LogP contribution in [0.3, 0.4) is 0 Å². The first-order valence-electron chi connectivity index (χ1n) is 11.3. The van der Waals surface area contributed by atoms with Gasteiger partial charge in [0.2, 0.25) is 0 Å². The van der Waals surface area contributed by atoms with Crippen molar-refractivity contribution in [3.8, 4) is 11.1 Å². The van der Waals surface area contributed by atoms with Crippen molar-refractivity contribution in [1.29, 1.82) is 5.41 Å². The van der Waals surface area contributed by atoms with Gasteiger partial charge in [0.25, 0.3) is 0 Å². The Morgan fingerprint density at radius 2 is 2.00 bits per heavy atom. The molecule has 0 aliphatic carbocycles. The van der Waals surface area contributed by atoms with Gasteiger partial charge < -0.3 is 10.6 Å². The number of nitrogens with one attached hydrogen (secondary N) is 3. The maximum absolute atomic E-state index is 8.59.